The van der Waals surface area contributed by atoms with E-state index in [1.54, 1.807) is 0 Å². The van der Waals surface area contributed by atoms with Gasteiger partial charge in [-0.15, -0.1) is 0 Å². The van der Waals surface area contributed by atoms with Gasteiger partial charge in [0.05, 0.1) is 11.7 Å². The van der Waals surface area contributed by atoms with E-state index in [2.05, 4.69) is 27.9 Å². The van der Waals surface area contributed by atoms with E-state index in [0.29, 0.717) is 0 Å². The van der Waals surface area contributed by atoms with Gasteiger partial charge < -0.3 is 10.4 Å². The predicted octanol–water partition coefficient (Wildman–Crippen LogP) is 2.63. The molecule has 0 aromatic heterocycles. The van der Waals surface area contributed by atoms with E-state index in [9.17, 15) is 9.90 Å². The number of aliphatic hydroxyl groups is 1. The van der Waals surface area contributed by atoms with Crippen LogP contribution in [-0.2, 0) is 0 Å². The molecule has 2 rings (SSSR count). The number of rotatable bonds is 2. The molecule has 2 N–H and O–H groups in total. The molecule has 1 aliphatic carbocycles. The Morgan fingerprint density at radius 1 is 1.33 bits per heavy atom. The van der Waals surface area contributed by atoms with Crippen molar-refractivity contribution in [2.24, 2.45) is 0 Å². The van der Waals surface area contributed by atoms with E-state index in [-0.39, 0.29) is 18.1 Å². The summed E-state index contributed by atoms with van der Waals surface area (Å²) >= 11 is 2.22. The fourth-order valence-electron chi connectivity index (χ4n) is 2.31. The molecule has 0 spiro atoms. The van der Waals surface area contributed by atoms with Crippen LogP contribution in [0.25, 0.3) is 0 Å². The van der Waals surface area contributed by atoms with E-state index in [4.69, 9.17) is 0 Å². The van der Waals surface area contributed by atoms with Crippen molar-refractivity contribution >= 4 is 28.5 Å². The molecule has 1 aromatic rings. The van der Waals surface area contributed by atoms with Crippen molar-refractivity contribution in [2.45, 2.75) is 44.8 Å². The first-order valence-corrected chi connectivity index (χ1v) is 7.40. The number of aryl methyl sites for hydroxylation is 1. The van der Waals surface area contributed by atoms with Crippen molar-refractivity contribution in [1.82, 2.24) is 5.32 Å². The Labute approximate surface area is 121 Å². The van der Waals surface area contributed by atoms with Gasteiger partial charge in [-0.25, -0.2) is 0 Å². The average Bonchev–Trinajstić information content (AvgIpc) is 2.35. The summed E-state index contributed by atoms with van der Waals surface area (Å²) in [6.07, 6.45) is 3.13. The number of hydrogen-bond acceptors (Lipinski definition) is 2. The molecule has 1 aliphatic rings. The number of nitrogens with one attached hydrogen (secondary N) is 1. The Bertz CT molecular complexity index is 439. The lowest BCUT2D eigenvalue weighted by molar-refractivity contribution is 0.0867. The standard InChI is InChI=1S/C14H18INO2/c1-9-3-2-4-12(13(9)15)14(18)16-10-5-7-11(17)8-6-10/h2-4,10-11,17H,5-8H2,1H3,(H,16,18). The summed E-state index contributed by atoms with van der Waals surface area (Å²) in [6, 6.07) is 5.99. The van der Waals surface area contributed by atoms with Crippen LogP contribution in [0.3, 0.4) is 0 Å². The summed E-state index contributed by atoms with van der Waals surface area (Å²) < 4.78 is 1.02. The summed E-state index contributed by atoms with van der Waals surface area (Å²) in [4.78, 5) is 12.2. The molecular weight excluding hydrogens is 341 g/mol. The number of benzene rings is 1. The third-order valence-corrected chi connectivity index (χ3v) is 4.90. The Morgan fingerprint density at radius 3 is 2.67 bits per heavy atom. The molecule has 18 heavy (non-hydrogen) atoms. The Hall–Kier alpha value is -0.620. The topological polar surface area (TPSA) is 49.3 Å². The highest BCUT2D eigenvalue weighted by molar-refractivity contribution is 14.1. The molecule has 1 fully saturated rings. The predicted molar refractivity (Wildman–Crippen MR) is 79.6 cm³/mol. The molecule has 0 unspecified atom stereocenters. The quantitative estimate of drug-likeness (QED) is 0.798. The van der Waals surface area contributed by atoms with E-state index in [1.165, 1.54) is 0 Å². The zero-order valence-electron chi connectivity index (χ0n) is 10.4. The van der Waals surface area contributed by atoms with Gasteiger partial charge in [-0.2, -0.15) is 0 Å². The summed E-state index contributed by atoms with van der Waals surface area (Å²) in [5, 5.41) is 12.5. The molecular formula is C14H18INO2. The Balaban J connectivity index is 2.01. The molecule has 1 aromatic carbocycles. The third kappa shape index (κ3) is 3.23. The molecule has 0 heterocycles. The summed E-state index contributed by atoms with van der Waals surface area (Å²) in [5.41, 5.74) is 1.88. The molecule has 0 radical (unpaired) electrons. The van der Waals surface area contributed by atoms with Gasteiger partial charge in [0.25, 0.3) is 5.91 Å². The summed E-state index contributed by atoms with van der Waals surface area (Å²) in [7, 11) is 0. The molecule has 0 saturated heterocycles. The minimum absolute atomic E-state index is 0.00416. The van der Waals surface area contributed by atoms with Crippen molar-refractivity contribution < 1.29 is 9.90 Å². The van der Waals surface area contributed by atoms with Crippen molar-refractivity contribution in [3.63, 3.8) is 0 Å². The summed E-state index contributed by atoms with van der Waals surface area (Å²) in [6.45, 7) is 2.01. The van der Waals surface area contributed by atoms with Crippen LogP contribution < -0.4 is 5.32 Å². The molecule has 0 bridgehead atoms. The lowest BCUT2D eigenvalue weighted by Crippen LogP contribution is -2.38. The highest BCUT2D eigenvalue weighted by atomic mass is 127. The second kappa shape index (κ2) is 6.02. The van der Waals surface area contributed by atoms with E-state index < -0.39 is 0 Å². The normalized spacial score (nSPS) is 23.7. The second-order valence-corrected chi connectivity index (χ2v) is 5.99. The number of hydrogen-bond donors (Lipinski definition) is 2. The van der Waals surface area contributed by atoms with E-state index in [1.807, 2.05) is 25.1 Å². The third-order valence-electron chi connectivity index (χ3n) is 3.47. The van der Waals surface area contributed by atoms with Crippen LogP contribution in [0.5, 0.6) is 0 Å². The minimum Gasteiger partial charge on any atom is -0.393 e. The first kappa shape index (κ1) is 13.8. The Morgan fingerprint density at radius 2 is 2.00 bits per heavy atom. The number of aliphatic hydroxyl groups excluding tert-OH is 1. The maximum atomic E-state index is 12.2. The molecule has 4 heteroatoms. The summed E-state index contributed by atoms with van der Waals surface area (Å²) in [5.74, 6) is 0.00416. The number of carbonyl (C=O) groups excluding carboxylic acids is 1. The smallest absolute Gasteiger partial charge is 0.252 e. The maximum Gasteiger partial charge on any atom is 0.252 e. The molecule has 1 saturated carbocycles. The van der Waals surface area contributed by atoms with Gasteiger partial charge in [-0.05, 0) is 66.8 Å². The maximum absolute atomic E-state index is 12.2. The number of amides is 1. The minimum atomic E-state index is -0.183. The zero-order valence-corrected chi connectivity index (χ0v) is 12.6. The van der Waals surface area contributed by atoms with Crippen LogP contribution in [-0.4, -0.2) is 23.2 Å². The molecule has 0 atom stereocenters. The van der Waals surface area contributed by atoms with Gasteiger partial charge >= 0.3 is 0 Å². The fourth-order valence-corrected chi connectivity index (χ4v) is 2.91. The van der Waals surface area contributed by atoms with Crippen molar-refractivity contribution in [1.29, 1.82) is 0 Å². The van der Waals surface area contributed by atoms with E-state index >= 15 is 0 Å². The lowest BCUT2D eigenvalue weighted by atomic mass is 9.93. The van der Waals surface area contributed by atoms with Gasteiger partial charge in [-0.3, -0.25) is 4.79 Å². The largest absolute Gasteiger partial charge is 0.393 e. The van der Waals surface area contributed by atoms with Crippen LogP contribution in [0.15, 0.2) is 18.2 Å². The number of carbonyl (C=O) groups is 1. The lowest BCUT2D eigenvalue weighted by Gasteiger charge is -2.26. The highest BCUT2D eigenvalue weighted by Gasteiger charge is 2.22. The number of halogens is 1. The van der Waals surface area contributed by atoms with Crippen molar-refractivity contribution in [2.75, 3.05) is 0 Å². The second-order valence-electron chi connectivity index (χ2n) is 4.92. The first-order valence-electron chi connectivity index (χ1n) is 6.32. The van der Waals surface area contributed by atoms with Gasteiger partial charge in [0.15, 0.2) is 0 Å². The van der Waals surface area contributed by atoms with Crippen molar-refractivity contribution in [3.8, 4) is 0 Å². The monoisotopic (exact) mass is 359 g/mol. The average molecular weight is 359 g/mol. The van der Waals surface area contributed by atoms with Gasteiger partial charge in [0.2, 0.25) is 0 Å². The van der Waals surface area contributed by atoms with Crippen LogP contribution >= 0.6 is 22.6 Å². The zero-order chi connectivity index (χ0) is 13.1. The van der Waals surface area contributed by atoms with Gasteiger partial charge in [0.1, 0.15) is 0 Å². The molecule has 1 amide bonds. The van der Waals surface area contributed by atoms with Crippen LogP contribution in [0.1, 0.15) is 41.6 Å². The Kier molecular flexibility index (Phi) is 4.61. The highest BCUT2D eigenvalue weighted by Crippen LogP contribution is 2.20. The fraction of sp³-hybridized carbons (Fsp3) is 0.500. The van der Waals surface area contributed by atoms with Crippen LogP contribution in [0, 0.1) is 10.5 Å². The van der Waals surface area contributed by atoms with Gasteiger partial charge in [-0.1, -0.05) is 12.1 Å². The first-order chi connectivity index (χ1) is 8.58. The van der Waals surface area contributed by atoms with Crippen LogP contribution in [0.4, 0.5) is 0 Å². The van der Waals surface area contributed by atoms with E-state index in [0.717, 1.165) is 40.4 Å². The molecule has 0 aliphatic heterocycles. The SMILES string of the molecule is Cc1cccc(C(=O)NC2CCC(O)CC2)c1I. The van der Waals surface area contributed by atoms with Crippen molar-refractivity contribution in [3.05, 3.63) is 32.9 Å². The molecule has 3 nitrogen and oxygen atoms in total. The molecule has 98 valence electrons. The van der Waals surface area contributed by atoms with Gasteiger partial charge in [0, 0.05) is 9.61 Å². The van der Waals surface area contributed by atoms with Crippen LogP contribution in [0.2, 0.25) is 0 Å².